The van der Waals surface area contributed by atoms with Crippen molar-refractivity contribution in [2.45, 2.75) is 20.3 Å². The van der Waals surface area contributed by atoms with Crippen molar-refractivity contribution in [3.05, 3.63) is 102 Å². The molecular weight excluding hydrogens is 424 g/mol. The van der Waals surface area contributed by atoms with Crippen LogP contribution in [0.2, 0.25) is 0 Å². The number of allylic oxidation sites excluding steroid dienone is 4. The molecule has 0 fully saturated rings. The highest BCUT2D eigenvalue weighted by atomic mass is 16.5. The molecular formula is C27H24N6O. The van der Waals surface area contributed by atoms with Gasteiger partial charge in [0.05, 0.1) is 11.4 Å². The molecule has 1 aliphatic carbocycles. The van der Waals surface area contributed by atoms with Crippen molar-refractivity contribution < 1.29 is 4.74 Å². The molecule has 0 bridgehead atoms. The van der Waals surface area contributed by atoms with Crippen LogP contribution in [0.25, 0.3) is 5.57 Å². The number of aliphatic imine (C=N–C) groups is 2. The van der Waals surface area contributed by atoms with Crippen LogP contribution >= 0.6 is 0 Å². The Morgan fingerprint density at radius 3 is 2.68 bits per heavy atom. The van der Waals surface area contributed by atoms with Gasteiger partial charge in [0.2, 0.25) is 0 Å². The van der Waals surface area contributed by atoms with E-state index in [2.05, 4.69) is 54.1 Å². The minimum atomic E-state index is 0.634. The zero-order valence-corrected chi connectivity index (χ0v) is 19.1. The summed E-state index contributed by atoms with van der Waals surface area (Å²) in [5, 5.41) is 0. The van der Waals surface area contributed by atoms with Crippen molar-refractivity contribution in [1.29, 1.82) is 0 Å². The van der Waals surface area contributed by atoms with E-state index in [1.165, 1.54) is 12.7 Å². The fraction of sp³-hybridized carbons (Fsp3) is 0.148. The monoisotopic (exact) mass is 448 g/mol. The van der Waals surface area contributed by atoms with Crippen LogP contribution in [-0.4, -0.2) is 33.5 Å². The second kappa shape index (κ2) is 9.62. The molecule has 0 N–H and O–H groups in total. The summed E-state index contributed by atoms with van der Waals surface area (Å²) in [6.07, 6.45) is 11.5. The van der Waals surface area contributed by atoms with Crippen LogP contribution in [0.15, 0.2) is 101 Å². The Bertz CT molecular complexity index is 1340. The number of aromatic nitrogens is 3. The lowest BCUT2D eigenvalue weighted by Crippen LogP contribution is -2.24. The van der Waals surface area contributed by atoms with Gasteiger partial charge in [-0.25, -0.2) is 19.9 Å². The highest BCUT2D eigenvalue weighted by Gasteiger charge is 2.28. The number of ether oxygens (including phenoxy) is 1. The highest BCUT2D eigenvalue weighted by molar-refractivity contribution is 6.04. The number of nitrogens with zero attached hydrogens (tertiary/aromatic N) is 6. The maximum atomic E-state index is 6.39. The number of fused-ring (bicyclic) bond motifs is 1. The van der Waals surface area contributed by atoms with Gasteiger partial charge in [-0.15, -0.1) is 0 Å². The fourth-order valence-corrected chi connectivity index (χ4v) is 4.02. The van der Waals surface area contributed by atoms with E-state index in [-0.39, 0.29) is 0 Å². The summed E-state index contributed by atoms with van der Waals surface area (Å²) in [7, 11) is 0. The Kier molecular flexibility index (Phi) is 6.07. The minimum absolute atomic E-state index is 0.634. The van der Waals surface area contributed by atoms with Crippen LogP contribution < -0.4 is 9.64 Å². The highest BCUT2D eigenvalue weighted by Crippen LogP contribution is 2.45. The molecule has 0 amide bonds. The third-order valence-electron chi connectivity index (χ3n) is 5.49. The quantitative estimate of drug-likeness (QED) is 0.388. The first-order valence-corrected chi connectivity index (χ1v) is 11.2. The molecule has 0 saturated carbocycles. The number of benzene rings is 2. The van der Waals surface area contributed by atoms with Gasteiger partial charge in [-0.2, -0.15) is 0 Å². The summed E-state index contributed by atoms with van der Waals surface area (Å²) in [6, 6.07) is 16.4. The fourth-order valence-electron chi connectivity index (χ4n) is 4.02. The number of para-hydroxylation sites is 1. The van der Waals surface area contributed by atoms with Gasteiger partial charge in [-0.3, -0.25) is 4.99 Å². The lowest BCUT2D eigenvalue weighted by Gasteiger charge is -2.34. The maximum Gasteiger partial charge on any atom is 0.162 e. The predicted molar refractivity (Wildman–Crippen MR) is 135 cm³/mol. The SMILES string of the molecule is CC=NC(=NCC)c1ccc2c(c1)N(c1ccccc1)C1=C(C=CC(c3ncncn3)=CC1)O2. The van der Waals surface area contributed by atoms with Gasteiger partial charge in [0.1, 0.15) is 18.4 Å². The number of hydrogen-bond donors (Lipinski definition) is 0. The van der Waals surface area contributed by atoms with E-state index >= 15 is 0 Å². The van der Waals surface area contributed by atoms with Crippen LogP contribution in [0.3, 0.4) is 0 Å². The molecule has 7 heteroatoms. The van der Waals surface area contributed by atoms with Gasteiger partial charge in [-0.1, -0.05) is 24.3 Å². The van der Waals surface area contributed by atoms with Gasteiger partial charge in [0.25, 0.3) is 0 Å². The average molecular weight is 449 g/mol. The Balaban J connectivity index is 1.62. The smallest absolute Gasteiger partial charge is 0.162 e. The van der Waals surface area contributed by atoms with E-state index in [1.807, 2.05) is 56.3 Å². The van der Waals surface area contributed by atoms with Gasteiger partial charge in [0.15, 0.2) is 17.4 Å². The first-order chi connectivity index (χ1) is 16.8. The van der Waals surface area contributed by atoms with Crippen molar-refractivity contribution in [3.63, 3.8) is 0 Å². The molecule has 1 aromatic heterocycles. The summed E-state index contributed by atoms with van der Waals surface area (Å²) in [5.74, 6) is 2.91. The second-order valence-corrected chi connectivity index (χ2v) is 7.61. The molecule has 0 spiro atoms. The molecule has 3 aromatic rings. The molecule has 2 aliphatic rings. The first-order valence-electron chi connectivity index (χ1n) is 11.2. The van der Waals surface area contributed by atoms with Gasteiger partial charge < -0.3 is 9.64 Å². The lowest BCUT2D eigenvalue weighted by molar-refractivity contribution is 0.427. The Hall–Kier alpha value is -4.39. The van der Waals surface area contributed by atoms with Crippen LogP contribution in [0.4, 0.5) is 11.4 Å². The van der Waals surface area contributed by atoms with Gasteiger partial charge >= 0.3 is 0 Å². The zero-order chi connectivity index (χ0) is 23.3. The molecule has 5 rings (SSSR count). The Labute approximate surface area is 198 Å². The molecule has 0 saturated heterocycles. The molecule has 168 valence electrons. The standard InChI is InChI=1S/C27H24N6O/c1-3-29-27(30-4-2)20-12-15-25-23(16-20)33(21-8-6-5-7-9-21)22-13-10-19(11-14-24(22)34-25)26-31-17-28-18-32-26/h3,5-12,14-18H,4,13H2,1-2H3. The normalized spacial score (nSPS) is 15.5. The number of rotatable bonds is 4. The minimum Gasteiger partial charge on any atom is -0.453 e. The number of hydrogen-bond acceptors (Lipinski definition) is 6. The summed E-state index contributed by atoms with van der Waals surface area (Å²) < 4.78 is 6.39. The molecule has 0 unspecified atom stereocenters. The van der Waals surface area contributed by atoms with Gasteiger partial charge in [0, 0.05) is 36.0 Å². The maximum absolute atomic E-state index is 6.39. The molecule has 2 aromatic carbocycles. The third-order valence-corrected chi connectivity index (χ3v) is 5.49. The van der Waals surface area contributed by atoms with Crippen LogP contribution in [0.1, 0.15) is 31.7 Å². The molecule has 0 radical (unpaired) electrons. The number of amidine groups is 1. The van der Waals surface area contributed by atoms with E-state index in [0.717, 1.165) is 39.7 Å². The summed E-state index contributed by atoms with van der Waals surface area (Å²) >= 11 is 0. The molecule has 34 heavy (non-hydrogen) atoms. The van der Waals surface area contributed by atoms with Gasteiger partial charge in [-0.05, 0) is 56.3 Å². The topological polar surface area (TPSA) is 75.9 Å². The molecule has 7 nitrogen and oxygen atoms in total. The largest absolute Gasteiger partial charge is 0.453 e. The van der Waals surface area contributed by atoms with Crippen molar-refractivity contribution in [3.8, 4) is 5.75 Å². The molecule has 0 atom stereocenters. The molecule has 1 aliphatic heterocycles. The van der Waals surface area contributed by atoms with Crippen molar-refractivity contribution in [1.82, 2.24) is 15.0 Å². The van der Waals surface area contributed by atoms with Crippen LogP contribution in [0.5, 0.6) is 5.75 Å². The van der Waals surface area contributed by atoms with E-state index in [0.29, 0.717) is 24.6 Å². The molecule has 2 heterocycles. The van der Waals surface area contributed by atoms with Crippen molar-refractivity contribution in [2.75, 3.05) is 11.4 Å². The Morgan fingerprint density at radius 2 is 1.91 bits per heavy atom. The van der Waals surface area contributed by atoms with Crippen LogP contribution in [0, 0.1) is 0 Å². The van der Waals surface area contributed by atoms with Crippen molar-refractivity contribution in [2.24, 2.45) is 9.98 Å². The van der Waals surface area contributed by atoms with Crippen LogP contribution in [-0.2, 0) is 0 Å². The number of anilines is 2. The van der Waals surface area contributed by atoms with E-state index in [9.17, 15) is 0 Å². The Morgan fingerprint density at radius 1 is 1.09 bits per heavy atom. The summed E-state index contributed by atoms with van der Waals surface area (Å²) in [6.45, 7) is 4.57. The van der Waals surface area contributed by atoms with Crippen molar-refractivity contribution >= 4 is 29.0 Å². The van der Waals surface area contributed by atoms with E-state index in [1.54, 1.807) is 6.21 Å². The predicted octanol–water partition coefficient (Wildman–Crippen LogP) is 5.51. The van der Waals surface area contributed by atoms with E-state index < -0.39 is 0 Å². The van der Waals surface area contributed by atoms with E-state index in [4.69, 9.17) is 4.74 Å². The summed E-state index contributed by atoms with van der Waals surface area (Å²) in [4.78, 5) is 23.8. The summed E-state index contributed by atoms with van der Waals surface area (Å²) in [5.41, 5.74) is 4.90. The lowest BCUT2D eigenvalue weighted by atomic mass is 10.1. The second-order valence-electron chi connectivity index (χ2n) is 7.61. The first kappa shape index (κ1) is 21.5. The third kappa shape index (κ3) is 4.15. The average Bonchev–Trinajstić information content (AvgIpc) is 3.10. The zero-order valence-electron chi connectivity index (χ0n) is 19.1.